The van der Waals surface area contributed by atoms with Crippen molar-refractivity contribution in [2.75, 3.05) is 13.9 Å². The lowest BCUT2D eigenvalue weighted by Crippen LogP contribution is -2.36. The quantitative estimate of drug-likeness (QED) is 0.208. The molecule has 0 aliphatic carbocycles. The first-order chi connectivity index (χ1) is 16.9. The van der Waals surface area contributed by atoms with Gasteiger partial charge in [-0.2, -0.15) is 13.2 Å². The maximum Gasteiger partial charge on any atom is 0.412 e. The van der Waals surface area contributed by atoms with E-state index in [0.717, 1.165) is 65.0 Å². The molecule has 0 spiro atoms. The molecule has 36 heavy (non-hydrogen) atoms. The molecule has 0 N–H and O–H groups in total. The van der Waals surface area contributed by atoms with Gasteiger partial charge in [-0.3, -0.25) is 0 Å². The number of allylic oxidation sites excluding steroid dienone is 6. The van der Waals surface area contributed by atoms with Crippen LogP contribution < -0.4 is 9.47 Å². The van der Waals surface area contributed by atoms with E-state index in [4.69, 9.17) is 14.2 Å². The Labute approximate surface area is 215 Å². The number of rotatable bonds is 12. The first kappa shape index (κ1) is 30.0. The van der Waals surface area contributed by atoms with Gasteiger partial charge in [0.15, 0.2) is 6.79 Å². The summed E-state index contributed by atoms with van der Waals surface area (Å²) < 4.78 is 57.3. The molecular weight excluding hydrogens is 465 g/mol. The Bertz CT molecular complexity index is 969. The molecule has 1 aromatic carbocycles. The second-order valence-electron chi connectivity index (χ2n) is 10.4. The third-order valence-electron chi connectivity index (χ3n) is 6.90. The summed E-state index contributed by atoms with van der Waals surface area (Å²) in [6, 6.07) is 2.06. The minimum atomic E-state index is -4.26. The zero-order chi connectivity index (χ0) is 26.9. The minimum Gasteiger partial charge on any atom is -0.487 e. The second-order valence-corrected chi connectivity index (χ2v) is 10.4. The molecule has 1 unspecified atom stereocenters. The minimum absolute atomic E-state index is 0.0352. The van der Waals surface area contributed by atoms with Crippen LogP contribution in [0, 0.1) is 13.8 Å². The molecule has 3 nitrogen and oxygen atoms in total. The van der Waals surface area contributed by atoms with Gasteiger partial charge in [0, 0.05) is 12.7 Å². The predicted octanol–water partition coefficient (Wildman–Crippen LogP) is 9.11. The Balaban J connectivity index is 1.94. The predicted molar refractivity (Wildman–Crippen MR) is 141 cm³/mol. The lowest BCUT2D eigenvalue weighted by atomic mass is 9.86. The fourth-order valence-electron chi connectivity index (χ4n) is 4.48. The van der Waals surface area contributed by atoms with Gasteiger partial charge in [-0.05, 0) is 116 Å². The zero-order valence-electron chi connectivity index (χ0n) is 23.0. The van der Waals surface area contributed by atoms with Crippen molar-refractivity contribution >= 4 is 0 Å². The first-order valence-corrected chi connectivity index (χ1v) is 12.9. The molecule has 202 valence electrons. The molecule has 0 fully saturated rings. The van der Waals surface area contributed by atoms with E-state index in [-0.39, 0.29) is 18.8 Å². The number of ether oxygens (including phenoxy) is 3. The van der Waals surface area contributed by atoms with Gasteiger partial charge in [-0.25, -0.2) is 0 Å². The number of aryl methyl sites for hydroxylation is 1. The average molecular weight is 509 g/mol. The molecule has 1 heterocycles. The number of methoxy groups -OCH3 is 1. The van der Waals surface area contributed by atoms with Crippen LogP contribution in [0.1, 0.15) is 89.3 Å². The van der Waals surface area contributed by atoms with Gasteiger partial charge in [-0.15, -0.1) is 0 Å². The van der Waals surface area contributed by atoms with Crippen LogP contribution >= 0.6 is 0 Å². The van der Waals surface area contributed by atoms with E-state index in [9.17, 15) is 13.2 Å². The van der Waals surface area contributed by atoms with E-state index >= 15 is 0 Å². The molecule has 0 bridgehead atoms. The Morgan fingerprint density at radius 3 is 2.36 bits per heavy atom. The Kier molecular flexibility index (Phi) is 11.1. The zero-order valence-corrected chi connectivity index (χ0v) is 23.0. The number of fused-ring (bicyclic) bond motifs is 1. The number of halogens is 3. The molecule has 1 aliphatic rings. The van der Waals surface area contributed by atoms with E-state index in [1.54, 1.807) is 7.11 Å². The summed E-state index contributed by atoms with van der Waals surface area (Å²) in [4.78, 5) is 0. The van der Waals surface area contributed by atoms with Crippen molar-refractivity contribution in [3.63, 3.8) is 0 Å². The number of hydrogen-bond acceptors (Lipinski definition) is 3. The van der Waals surface area contributed by atoms with E-state index in [2.05, 4.69) is 26.0 Å². The highest BCUT2D eigenvalue weighted by atomic mass is 19.4. The van der Waals surface area contributed by atoms with Gasteiger partial charge in [0.25, 0.3) is 0 Å². The topological polar surface area (TPSA) is 27.7 Å². The van der Waals surface area contributed by atoms with E-state index in [1.807, 2.05) is 33.8 Å². The highest BCUT2D eigenvalue weighted by molar-refractivity contribution is 5.53. The largest absolute Gasteiger partial charge is 0.487 e. The number of benzene rings is 1. The van der Waals surface area contributed by atoms with Crippen molar-refractivity contribution in [1.82, 2.24) is 0 Å². The molecule has 6 heteroatoms. The molecule has 0 radical (unpaired) electrons. The van der Waals surface area contributed by atoms with Crippen LogP contribution in [0.2, 0.25) is 0 Å². The van der Waals surface area contributed by atoms with Gasteiger partial charge in [0.05, 0.1) is 0 Å². The van der Waals surface area contributed by atoms with Crippen LogP contribution in [0.25, 0.3) is 0 Å². The van der Waals surface area contributed by atoms with Gasteiger partial charge in [0.1, 0.15) is 17.1 Å². The van der Waals surface area contributed by atoms with Crippen LogP contribution in [0.4, 0.5) is 13.2 Å². The summed E-state index contributed by atoms with van der Waals surface area (Å²) in [5, 5.41) is 0. The van der Waals surface area contributed by atoms with E-state index < -0.39 is 11.7 Å². The Hall–Kier alpha value is -2.21. The summed E-state index contributed by atoms with van der Waals surface area (Å²) >= 11 is 0. The van der Waals surface area contributed by atoms with Crippen LogP contribution in [-0.2, 0) is 11.2 Å². The fraction of sp³-hybridized carbons (Fsp3) is 0.600. The summed E-state index contributed by atoms with van der Waals surface area (Å²) in [7, 11) is 1.61. The first-order valence-electron chi connectivity index (χ1n) is 12.9. The van der Waals surface area contributed by atoms with Gasteiger partial charge in [-0.1, -0.05) is 29.4 Å². The molecule has 0 aromatic heterocycles. The average Bonchev–Trinajstić information content (AvgIpc) is 2.79. The summed E-state index contributed by atoms with van der Waals surface area (Å²) in [6.07, 6.45) is 6.11. The van der Waals surface area contributed by atoms with Crippen molar-refractivity contribution in [2.24, 2.45) is 0 Å². The fourth-order valence-corrected chi connectivity index (χ4v) is 4.48. The monoisotopic (exact) mass is 508 g/mol. The molecule has 1 aromatic rings. The smallest absolute Gasteiger partial charge is 0.412 e. The maximum atomic E-state index is 13.3. The van der Waals surface area contributed by atoms with Crippen LogP contribution in [-0.4, -0.2) is 25.7 Å². The van der Waals surface area contributed by atoms with Crippen molar-refractivity contribution in [2.45, 2.75) is 105 Å². The van der Waals surface area contributed by atoms with Crippen molar-refractivity contribution in [3.8, 4) is 11.5 Å². The normalized spacial score (nSPS) is 18.5. The summed E-state index contributed by atoms with van der Waals surface area (Å²) in [5.74, 6) is 1.78. The van der Waals surface area contributed by atoms with E-state index in [1.165, 1.54) is 6.08 Å². The summed E-state index contributed by atoms with van der Waals surface area (Å²) in [6.45, 7) is 12.3. The Morgan fingerprint density at radius 2 is 1.72 bits per heavy atom. The standard InChI is InChI=1S/C30H43F3O3/c1-21(2)11-8-14-26(30(31,32)33)15-9-12-22(3)13-10-17-29(6)18-16-25-19-27(35-20-34-7)23(4)24(5)28(25)36-29/h11,13,15,19H,8-10,12,14,16-18,20H2,1-7H3/b22-13+,26-15-. The second kappa shape index (κ2) is 13.4. The lowest BCUT2D eigenvalue weighted by molar-refractivity contribution is -0.0941. The van der Waals surface area contributed by atoms with E-state index in [0.29, 0.717) is 19.3 Å². The van der Waals surface area contributed by atoms with Crippen molar-refractivity contribution in [1.29, 1.82) is 0 Å². The number of hydrogen-bond donors (Lipinski definition) is 0. The molecule has 0 amide bonds. The maximum absolute atomic E-state index is 13.3. The van der Waals surface area contributed by atoms with Crippen molar-refractivity contribution < 1.29 is 27.4 Å². The molecule has 1 aliphatic heterocycles. The SMILES string of the molecule is COCOc1cc2c(c(C)c1C)OC(C)(CC/C=C(\C)CC/C=C(/CCC=C(C)C)C(F)(F)F)CC2. The molecule has 2 rings (SSSR count). The molecule has 1 atom stereocenters. The third kappa shape index (κ3) is 9.02. The highest BCUT2D eigenvalue weighted by Gasteiger charge is 2.33. The van der Waals surface area contributed by atoms with Gasteiger partial charge >= 0.3 is 6.18 Å². The van der Waals surface area contributed by atoms with Gasteiger partial charge in [0.2, 0.25) is 0 Å². The lowest BCUT2D eigenvalue weighted by Gasteiger charge is -2.37. The molecule has 0 saturated carbocycles. The molecular formula is C30H43F3O3. The van der Waals surface area contributed by atoms with Crippen LogP contribution in [0.5, 0.6) is 11.5 Å². The third-order valence-corrected chi connectivity index (χ3v) is 6.90. The molecule has 0 saturated heterocycles. The number of alkyl halides is 3. The summed E-state index contributed by atoms with van der Waals surface area (Å²) in [5.41, 5.74) is 4.76. The van der Waals surface area contributed by atoms with Crippen LogP contribution in [0.3, 0.4) is 0 Å². The Morgan fingerprint density at radius 1 is 1.03 bits per heavy atom. The highest BCUT2D eigenvalue weighted by Crippen LogP contribution is 2.42. The van der Waals surface area contributed by atoms with Crippen molar-refractivity contribution in [3.05, 3.63) is 57.7 Å². The van der Waals surface area contributed by atoms with Crippen LogP contribution in [0.15, 0.2) is 41.0 Å². The van der Waals surface area contributed by atoms with Gasteiger partial charge < -0.3 is 14.2 Å².